The van der Waals surface area contributed by atoms with Gasteiger partial charge in [-0.15, -0.1) is 0 Å². The Morgan fingerprint density at radius 2 is 1.82 bits per heavy atom. The molecule has 1 aromatic heterocycles. The average Bonchev–Trinajstić information content (AvgIpc) is 3.42. The van der Waals surface area contributed by atoms with Crippen LogP contribution in [0.25, 0.3) is 5.76 Å². The number of aliphatic hydroxyl groups is 1. The highest BCUT2D eigenvalue weighted by atomic mass is 35.5. The normalized spacial score (nSPS) is 17.5. The fourth-order valence-electron chi connectivity index (χ4n) is 3.98. The zero-order chi connectivity index (χ0) is 23.4. The van der Waals surface area contributed by atoms with Gasteiger partial charge in [-0.05, 0) is 55.3 Å². The second-order valence-corrected chi connectivity index (χ2v) is 8.09. The maximum absolute atomic E-state index is 13.1. The Kier molecular flexibility index (Phi) is 6.79. The summed E-state index contributed by atoms with van der Waals surface area (Å²) in [4.78, 5) is 31.6. The molecule has 3 aromatic rings. The molecule has 4 rings (SSSR count). The Labute approximate surface area is 196 Å². The third kappa shape index (κ3) is 4.78. The van der Waals surface area contributed by atoms with Crippen LogP contribution in [-0.2, 0) is 16.1 Å². The zero-order valence-corrected chi connectivity index (χ0v) is 18.9. The lowest BCUT2D eigenvalue weighted by Crippen LogP contribution is -2.31. The Hall–Kier alpha value is -3.58. The predicted octanol–water partition coefficient (Wildman–Crippen LogP) is 4.45. The summed E-state index contributed by atoms with van der Waals surface area (Å²) in [5.41, 5.74) is 1.21. The molecule has 1 aliphatic rings. The summed E-state index contributed by atoms with van der Waals surface area (Å²) in [6.45, 7) is 3.42. The summed E-state index contributed by atoms with van der Waals surface area (Å²) >= 11 is 5.97. The molecule has 33 heavy (non-hydrogen) atoms. The number of ketones is 1. The van der Waals surface area contributed by atoms with Gasteiger partial charge in [-0.1, -0.05) is 23.7 Å². The number of likely N-dealkylation sites (tertiary alicyclic amines) is 1. The van der Waals surface area contributed by atoms with Crippen molar-refractivity contribution < 1.29 is 19.4 Å². The van der Waals surface area contributed by atoms with Crippen molar-refractivity contribution in [2.75, 3.05) is 13.2 Å². The molecule has 170 valence electrons. The number of nitrogens with zero attached hydrogens (tertiary/aromatic N) is 3. The van der Waals surface area contributed by atoms with Crippen molar-refractivity contribution >= 4 is 29.1 Å². The number of hydrogen-bond acceptors (Lipinski definition) is 5. The molecule has 1 aliphatic heterocycles. The highest BCUT2D eigenvalue weighted by Crippen LogP contribution is 2.40. The van der Waals surface area contributed by atoms with E-state index in [9.17, 15) is 14.7 Å². The van der Waals surface area contributed by atoms with Crippen molar-refractivity contribution in [2.45, 2.75) is 25.9 Å². The first kappa shape index (κ1) is 22.6. The molecule has 7 nitrogen and oxygen atoms in total. The molecule has 8 heteroatoms. The van der Waals surface area contributed by atoms with Gasteiger partial charge in [0.1, 0.15) is 11.5 Å². The van der Waals surface area contributed by atoms with Crippen LogP contribution in [0, 0.1) is 0 Å². The lowest BCUT2D eigenvalue weighted by atomic mass is 9.95. The van der Waals surface area contributed by atoms with Gasteiger partial charge in [0, 0.05) is 36.1 Å². The van der Waals surface area contributed by atoms with E-state index in [2.05, 4.69) is 4.98 Å². The van der Waals surface area contributed by atoms with Crippen LogP contribution >= 0.6 is 11.6 Å². The highest BCUT2D eigenvalue weighted by molar-refractivity contribution is 6.46. The molecule has 1 saturated heterocycles. The molecule has 0 saturated carbocycles. The molecule has 0 aliphatic carbocycles. The van der Waals surface area contributed by atoms with Crippen molar-refractivity contribution in [1.29, 1.82) is 0 Å². The average molecular weight is 466 g/mol. The van der Waals surface area contributed by atoms with Crippen LogP contribution in [0.3, 0.4) is 0 Å². The fraction of sp³-hybridized carbons (Fsp3) is 0.240. The molecule has 1 N–H and O–H groups in total. The molecule has 2 heterocycles. The number of carbonyl (C=O) groups is 2. The minimum atomic E-state index is -0.709. The van der Waals surface area contributed by atoms with Gasteiger partial charge in [0.2, 0.25) is 0 Å². The molecule has 1 fully saturated rings. The van der Waals surface area contributed by atoms with Crippen LogP contribution in [0.5, 0.6) is 5.75 Å². The third-order valence-electron chi connectivity index (χ3n) is 5.54. The first-order chi connectivity index (χ1) is 16.0. The number of aryl methyl sites for hydroxylation is 1. The zero-order valence-electron chi connectivity index (χ0n) is 18.1. The molecular formula is C25H24ClN3O4. The van der Waals surface area contributed by atoms with Gasteiger partial charge < -0.3 is 19.3 Å². The monoisotopic (exact) mass is 465 g/mol. The van der Waals surface area contributed by atoms with E-state index < -0.39 is 17.7 Å². The van der Waals surface area contributed by atoms with Crippen LogP contribution in [0.4, 0.5) is 0 Å². The van der Waals surface area contributed by atoms with E-state index in [0.717, 1.165) is 5.56 Å². The van der Waals surface area contributed by atoms with Crippen LogP contribution in [-0.4, -0.2) is 44.4 Å². The molecular weight excluding hydrogens is 442 g/mol. The molecule has 0 bridgehead atoms. The Bertz CT molecular complexity index is 1160. The maximum atomic E-state index is 13.1. The number of Topliss-reactive ketones (excluding diaryl/α,β-unsaturated/α-hetero) is 1. The van der Waals surface area contributed by atoms with E-state index >= 15 is 0 Å². The van der Waals surface area contributed by atoms with E-state index in [1.54, 1.807) is 48.9 Å². The fourth-order valence-corrected chi connectivity index (χ4v) is 4.10. The smallest absolute Gasteiger partial charge is 0.295 e. The minimum absolute atomic E-state index is 0.0640. The van der Waals surface area contributed by atoms with E-state index in [-0.39, 0.29) is 11.3 Å². The largest absolute Gasteiger partial charge is 0.507 e. The van der Waals surface area contributed by atoms with Gasteiger partial charge in [-0.3, -0.25) is 9.59 Å². The molecule has 1 amide bonds. The number of aromatic nitrogens is 2. The molecule has 2 aromatic carbocycles. The standard InChI is InChI=1S/C25H24ClN3O4/c1-2-33-20-10-6-17(7-11-20)22-21(23(30)18-4-8-19(26)9-5-18)24(31)25(32)29(22)14-3-13-28-15-12-27-16-28/h4-12,15-16,22,30H,2-3,13-14H2,1H3/b23-21+. The summed E-state index contributed by atoms with van der Waals surface area (Å²) in [7, 11) is 0. The number of ether oxygens (including phenoxy) is 1. The Morgan fingerprint density at radius 1 is 1.09 bits per heavy atom. The predicted molar refractivity (Wildman–Crippen MR) is 125 cm³/mol. The summed E-state index contributed by atoms with van der Waals surface area (Å²) in [5.74, 6) is -0.865. The van der Waals surface area contributed by atoms with E-state index in [4.69, 9.17) is 16.3 Å². The topological polar surface area (TPSA) is 84.7 Å². The quantitative estimate of drug-likeness (QED) is 0.302. The van der Waals surface area contributed by atoms with Gasteiger partial charge in [-0.2, -0.15) is 0 Å². The van der Waals surface area contributed by atoms with Crippen LogP contribution < -0.4 is 4.74 Å². The van der Waals surface area contributed by atoms with Gasteiger partial charge >= 0.3 is 0 Å². The lowest BCUT2D eigenvalue weighted by Gasteiger charge is -2.25. The molecule has 1 unspecified atom stereocenters. The molecule has 1 atom stereocenters. The second kappa shape index (κ2) is 9.92. The SMILES string of the molecule is CCOc1ccc(C2/C(=C(\O)c3ccc(Cl)cc3)C(=O)C(=O)N2CCCn2ccnc2)cc1. The number of hydrogen-bond donors (Lipinski definition) is 1. The lowest BCUT2D eigenvalue weighted by molar-refractivity contribution is -0.139. The van der Waals surface area contributed by atoms with Gasteiger partial charge in [0.15, 0.2) is 0 Å². The Balaban J connectivity index is 1.71. The minimum Gasteiger partial charge on any atom is -0.507 e. The van der Waals surface area contributed by atoms with Gasteiger partial charge in [0.25, 0.3) is 11.7 Å². The van der Waals surface area contributed by atoms with Crippen LogP contribution in [0.1, 0.15) is 30.5 Å². The number of carbonyl (C=O) groups excluding carboxylic acids is 2. The van der Waals surface area contributed by atoms with Gasteiger partial charge in [-0.25, -0.2) is 4.98 Å². The maximum Gasteiger partial charge on any atom is 0.295 e. The summed E-state index contributed by atoms with van der Waals surface area (Å²) in [6.07, 6.45) is 5.87. The first-order valence-corrected chi connectivity index (χ1v) is 11.1. The highest BCUT2D eigenvalue weighted by Gasteiger charge is 2.45. The number of benzene rings is 2. The Morgan fingerprint density at radius 3 is 2.45 bits per heavy atom. The summed E-state index contributed by atoms with van der Waals surface area (Å²) in [6, 6.07) is 13.0. The second-order valence-electron chi connectivity index (χ2n) is 7.66. The van der Waals surface area contributed by atoms with Gasteiger partial charge in [0.05, 0.1) is 24.5 Å². The van der Waals surface area contributed by atoms with Crippen LogP contribution in [0.2, 0.25) is 5.02 Å². The first-order valence-electron chi connectivity index (χ1n) is 10.7. The number of aliphatic hydroxyl groups excluding tert-OH is 1. The number of amides is 1. The van der Waals surface area contributed by atoms with Crippen molar-refractivity contribution in [3.8, 4) is 5.75 Å². The summed E-state index contributed by atoms with van der Waals surface area (Å²) < 4.78 is 7.44. The molecule has 0 radical (unpaired) electrons. The van der Waals surface area contributed by atoms with Crippen LogP contribution in [0.15, 0.2) is 72.8 Å². The summed E-state index contributed by atoms with van der Waals surface area (Å²) in [5, 5.41) is 11.6. The van der Waals surface area contributed by atoms with Crippen molar-refractivity contribution in [1.82, 2.24) is 14.5 Å². The number of halogens is 1. The van der Waals surface area contributed by atoms with Crippen molar-refractivity contribution in [3.63, 3.8) is 0 Å². The molecule has 0 spiro atoms. The number of imidazole rings is 1. The van der Waals surface area contributed by atoms with E-state index in [1.165, 1.54) is 4.90 Å². The number of rotatable bonds is 8. The van der Waals surface area contributed by atoms with Crippen molar-refractivity contribution in [3.05, 3.63) is 89.0 Å². The van der Waals surface area contributed by atoms with E-state index in [0.29, 0.717) is 42.5 Å². The van der Waals surface area contributed by atoms with E-state index in [1.807, 2.05) is 29.8 Å². The van der Waals surface area contributed by atoms with Crippen molar-refractivity contribution in [2.24, 2.45) is 0 Å². The third-order valence-corrected chi connectivity index (χ3v) is 5.79.